The van der Waals surface area contributed by atoms with Gasteiger partial charge in [0.25, 0.3) is 11.4 Å². The van der Waals surface area contributed by atoms with E-state index >= 15 is 0 Å². The van der Waals surface area contributed by atoms with Gasteiger partial charge in [0.2, 0.25) is 20.0 Å². The number of piperazine rings is 2. The molecule has 2 aromatic heterocycles. The van der Waals surface area contributed by atoms with Gasteiger partial charge >= 0.3 is 0 Å². The zero-order valence-corrected chi connectivity index (χ0v) is 36.4. The molecule has 0 unspecified atom stereocenters. The molecule has 2 aliphatic heterocycles. The van der Waals surface area contributed by atoms with Crippen LogP contribution in [0.5, 0.6) is 0 Å². The molecule has 0 saturated carbocycles. The molecule has 6 aromatic rings. The number of non-ortho nitro benzene ring substituents is 2. The van der Waals surface area contributed by atoms with Crippen molar-refractivity contribution in [1.82, 2.24) is 18.6 Å². The maximum atomic E-state index is 13.5. The first-order chi connectivity index (χ1) is 29.5. The van der Waals surface area contributed by atoms with Crippen LogP contribution in [0.2, 0.25) is 0 Å². The second-order valence-corrected chi connectivity index (χ2v) is 19.8. The Kier molecular flexibility index (Phi) is 13.1. The molecule has 0 N–H and O–H groups in total. The van der Waals surface area contributed by atoms with Crippen molar-refractivity contribution in [2.45, 2.75) is 23.6 Å². The lowest BCUT2D eigenvalue weighted by Crippen LogP contribution is -2.48. The predicted octanol–water partition coefficient (Wildman–Crippen LogP) is 7.35. The maximum Gasteiger partial charge on any atom is 0.270 e. The van der Waals surface area contributed by atoms with Crippen molar-refractivity contribution in [1.29, 1.82) is 0 Å². The van der Waals surface area contributed by atoms with Crippen LogP contribution < -0.4 is 9.80 Å². The van der Waals surface area contributed by atoms with Gasteiger partial charge in [0.1, 0.15) is 0 Å². The van der Waals surface area contributed by atoms with Gasteiger partial charge < -0.3 is 9.80 Å². The summed E-state index contributed by atoms with van der Waals surface area (Å²) >= 11 is 2.87. The van der Waals surface area contributed by atoms with E-state index in [9.17, 15) is 45.8 Å². The van der Waals surface area contributed by atoms with Gasteiger partial charge in [-0.3, -0.25) is 20.2 Å². The zero-order chi connectivity index (χ0) is 44.3. The number of aromatic nitrogens is 2. The summed E-state index contributed by atoms with van der Waals surface area (Å²) in [6, 6.07) is 20.0. The first-order valence-corrected chi connectivity index (χ1v) is 23.6. The molecule has 324 valence electrons. The molecule has 0 radical (unpaired) electrons. The number of nitro benzene ring substituents is 2. The van der Waals surface area contributed by atoms with Gasteiger partial charge in [-0.05, 0) is 61.4 Å². The van der Waals surface area contributed by atoms with Gasteiger partial charge in [-0.1, -0.05) is 24.3 Å². The molecule has 2 fully saturated rings. The van der Waals surface area contributed by atoms with Crippen molar-refractivity contribution in [3.8, 4) is 22.5 Å². The number of hydrogen-bond donors (Lipinski definition) is 0. The minimum atomic E-state index is -3.86. The van der Waals surface area contributed by atoms with Crippen LogP contribution in [0, 0.1) is 45.7 Å². The molecule has 4 aromatic carbocycles. The third-order valence-electron chi connectivity index (χ3n) is 10.4. The molecule has 62 heavy (non-hydrogen) atoms. The van der Waals surface area contributed by atoms with Crippen LogP contribution in [0.4, 0.5) is 30.4 Å². The highest BCUT2D eigenvalue weighted by Crippen LogP contribution is 2.32. The topological polar surface area (TPSA) is 193 Å². The highest BCUT2D eigenvalue weighted by atomic mass is 32.2. The summed E-state index contributed by atoms with van der Waals surface area (Å²) in [5.41, 5.74) is 4.87. The van der Waals surface area contributed by atoms with Gasteiger partial charge in [0, 0.05) is 98.5 Å². The normalized spacial score (nSPS) is 15.2. The van der Waals surface area contributed by atoms with Crippen molar-refractivity contribution < 1.29 is 35.5 Å². The number of benzene rings is 4. The van der Waals surface area contributed by atoms with Gasteiger partial charge in [0.05, 0.1) is 31.0 Å². The van der Waals surface area contributed by atoms with E-state index in [1.807, 2.05) is 10.3 Å². The Morgan fingerprint density at radius 2 is 1.00 bits per heavy atom. The molecule has 0 atom stereocenters. The molecular formula is C40H38F2N8O8S4. The molecule has 2 aliphatic rings. The Balaban J connectivity index is 0.000000186. The van der Waals surface area contributed by atoms with Crippen molar-refractivity contribution in [3.63, 3.8) is 0 Å². The van der Waals surface area contributed by atoms with Crippen LogP contribution in [0.3, 0.4) is 0 Å². The molecule has 4 heterocycles. The highest BCUT2D eigenvalue weighted by Gasteiger charge is 2.32. The Bertz CT molecular complexity index is 2670. The first kappa shape index (κ1) is 44.3. The summed E-state index contributed by atoms with van der Waals surface area (Å²) in [5, 5.41) is 27.2. The van der Waals surface area contributed by atoms with E-state index in [0.717, 1.165) is 40.7 Å². The fourth-order valence-electron chi connectivity index (χ4n) is 6.69. The van der Waals surface area contributed by atoms with Gasteiger partial charge in [0.15, 0.2) is 21.9 Å². The lowest BCUT2D eigenvalue weighted by Gasteiger charge is -2.33. The standard InChI is InChI=1S/C21H22N4O4S2.C19H16F2N4O4S2/c1-15-6-7-17(12-16(15)2)20-14-30-21(22-20)23-8-10-24(11-9-23)31(28,29)19-5-3-4-18(13-19)25(26)27;20-16-5-4-13(10-17(16)21)18-12-30-19(22-18)23-6-8-24(9-7-23)31(28,29)15-3-1-2-14(11-15)25(26)27/h3-7,12-14H,8-11H2,1-2H3;1-5,10-12H,6-9H2. The number of aryl methyl sites for hydroxylation is 2. The third-order valence-corrected chi connectivity index (χ3v) is 15.9. The van der Waals surface area contributed by atoms with Crippen LogP contribution in [-0.2, 0) is 20.0 Å². The second kappa shape index (κ2) is 18.3. The largest absolute Gasteiger partial charge is 0.345 e. The summed E-state index contributed by atoms with van der Waals surface area (Å²) < 4.78 is 80.8. The van der Waals surface area contributed by atoms with Crippen molar-refractivity contribution in [2.75, 3.05) is 62.2 Å². The number of nitrogens with zero attached hydrogens (tertiary/aromatic N) is 8. The second-order valence-electron chi connectivity index (χ2n) is 14.2. The van der Waals surface area contributed by atoms with E-state index in [0.29, 0.717) is 55.7 Å². The number of nitro groups is 2. The Morgan fingerprint density at radius 3 is 1.42 bits per heavy atom. The van der Waals surface area contributed by atoms with E-state index < -0.39 is 41.5 Å². The number of rotatable bonds is 10. The van der Waals surface area contributed by atoms with E-state index in [-0.39, 0.29) is 34.3 Å². The lowest BCUT2D eigenvalue weighted by molar-refractivity contribution is -0.385. The van der Waals surface area contributed by atoms with E-state index in [1.165, 1.54) is 73.5 Å². The summed E-state index contributed by atoms with van der Waals surface area (Å²) in [5.74, 6) is -1.88. The lowest BCUT2D eigenvalue weighted by atomic mass is 10.1. The summed E-state index contributed by atoms with van der Waals surface area (Å²) in [6.45, 7) is 6.88. The highest BCUT2D eigenvalue weighted by molar-refractivity contribution is 7.89. The molecule has 8 rings (SSSR count). The zero-order valence-electron chi connectivity index (χ0n) is 33.1. The molecule has 16 nitrogen and oxygen atoms in total. The third kappa shape index (κ3) is 9.64. The molecule has 2 saturated heterocycles. The van der Waals surface area contributed by atoms with Gasteiger partial charge in [-0.2, -0.15) is 8.61 Å². The Hall–Kier alpha value is -5.78. The molecule has 22 heteroatoms. The number of sulfonamides is 2. The average Bonchev–Trinajstić information content (AvgIpc) is 3.98. The van der Waals surface area contributed by atoms with Crippen molar-refractivity contribution >= 4 is 64.4 Å². The number of anilines is 2. The van der Waals surface area contributed by atoms with Crippen molar-refractivity contribution in [3.05, 3.63) is 139 Å². The number of thiazole rings is 2. The predicted molar refractivity (Wildman–Crippen MR) is 233 cm³/mol. The van der Waals surface area contributed by atoms with Gasteiger partial charge in [-0.15, -0.1) is 22.7 Å². The monoisotopic (exact) mass is 924 g/mol. The fraction of sp³-hybridized carbons (Fsp3) is 0.250. The van der Waals surface area contributed by atoms with E-state index in [1.54, 1.807) is 16.7 Å². The molecular weight excluding hydrogens is 887 g/mol. The number of halogens is 2. The van der Waals surface area contributed by atoms with Crippen LogP contribution in [0.25, 0.3) is 22.5 Å². The van der Waals surface area contributed by atoms with Crippen molar-refractivity contribution in [2.24, 2.45) is 0 Å². The summed E-state index contributed by atoms with van der Waals surface area (Å²) in [6.07, 6.45) is 0. The van der Waals surface area contributed by atoms with Crippen LogP contribution in [-0.4, -0.2) is 97.6 Å². The smallest absolute Gasteiger partial charge is 0.270 e. The average molecular weight is 925 g/mol. The molecule has 0 amide bonds. The van der Waals surface area contributed by atoms with E-state index in [2.05, 4.69) is 41.9 Å². The minimum Gasteiger partial charge on any atom is -0.345 e. The van der Waals surface area contributed by atoms with Crippen LogP contribution in [0.1, 0.15) is 11.1 Å². The number of hydrogen-bond acceptors (Lipinski definition) is 14. The van der Waals surface area contributed by atoms with Crippen LogP contribution >= 0.6 is 22.7 Å². The summed E-state index contributed by atoms with van der Waals surface area (Å²) in [4.78, 5) is 33.7. The maximum absolute atomic E-state index is 13.5. The molecule has 0 bridgehead atoms. The fourth-order valence-corrected chi connectivity index (χ4v) is 11.4. The van der Waals surface area contributed by atoms with Gasteiger partial charge in [-0.25, -0.2) is 35.6 Å². The quantitative estimate of drug-likeness (QED) is 0.0981. The van der Waals surface area contributed by atoms with Crippen LogP contribution in [0.15, 0.2) is 105 Å². The molecule has 0 spiro atoms. The van der Waals surface area contributed by atoms with E-state index in [4.69, 9.17) is 4.98 Å². The Morgan fingerprint density at radius 1 is 0.565 bits per heavy atom. The first-order valence-electron chi connectivity index (χ1n) is 18.9. The SMILES string of the molecule is Cc1ccc(-c2csc(N3CCN(S(=O)(=O)c4cccc([N+](=O)[O-])c4)CC3)n2)cc1C.O=[N+]([O-])c1cccc(S(=O)(=O)N2CCN(c3nc(-c4ccc(F)c(F)c4)cs3)CC2)c1. The Labute approximate surface area is 363 Å². The molecule has 0 aliphatic carbocycles. The summed E-state index contributed by atoms with van der Waals surface area (Å²) in [7, 11) is -7.65. The minimum absolute atomic E-state index is 0.0542.